The summed E-state index contributed by atoms with van der Waals surface area (Å²) in [5, 5.41) is 9.07. The van der Waals surface area contributed by atoms with E-state index in [2.05, 4.69) is 4.98 Å². The Bertz CT molecular complexity index is 901. The molecule has 5 nitrogen and oxygen atoms in total. The van der Waals surface area contributed by atoms with Crippen molar-refractivity contribution in [2.75, 3.05) is 0 Å². The van der Waals surface area contributed by atoms with Crippen LogP contribution in [-0.2, 0) is 24.2 Å². The number of rotatable bonds is 5. The van der Waals surface area contributed by atoms with E-state index in [0.717, 1.165) is 5.56 Å². The van der Waals surface area contributed by atoms with Crippen molar-refractivity contribution in [3.63, 3.8) is 0 Å². The molecule has 1 N–H and O–H groups in total. The molecule has 0 amide bonds. The Morgan fingerprint density at radius 2 is 1.70 bits per heavy atom. The average molecular weight is 308 g/mol. The number of benzene rings is 2. The molecular formula is C18H16N2O3. The predicted octanol–water partition coefficient (Wildman–Crippen LogP) is 2.27. The second kappa shape index (κ2) is 6.44. The maximum atomic E-state index is 12.6. The molecule has 0 radical (unpaired) electrons. The van der Waals surface area contributed by atoms with Gasteiger partial charge in [-0.25, -0.2) is 4.98 Å². The van der Waals surface area contributed by atoms with Gasteiger partial charge in [0.15, 0.2) is 0 Å². The van der Waals surface area contributed by atoms with E-state index in [0.29, 0.717) is 29.6 Å². The van der Waals surface area contributed by atoms with E-state index in [9.17, 15) is 9.59 Å². The Morgan fingerprint density at radius 1 is 1.00 bits per heavy atom. The number of aliphatic carboxylic acids is 1. The van der Waals surface area contributed by atoms with E-state index >= 15 is 0 Å². The normalized spacial score (nSPS) is 10.8. The van der Waals surface area contributed by atoms with Crippen LogP contribution >= 0.6 is 0 Å². The summed E-state index contributed by atoms with van der Waals surface area (Å²) >= 11 is 0. The van der Waals surface area contributed by atoms with Crippen LogP contribution in [0.2, 0.25) is 0 Å². The zero-order chi connectivity index (χ0) is 16.2. The fraction of sp³-hybridized carbons (Fsp3) is 0.167. The standard InChI is InChI=1S/C18H16N2O3/c21-17(22)12-20-16-9-5-4-8-14(16)19-15(18(20)23)11-10-13-6-2-1-3-7-13/h1-9H,10-12H2,(H,21,22). The molecule has 0 unspecified atom stereocenters. The zero-order valence-corrected chi connectivity index (χ0v) is 12.5. The Morgan fingerprint density at radius 3 is 2.43 bits per heavy atom. The van der Waals surface area contributed by atoms with Gasteiger partial charge in [0.1, 0.15) is 12.2 Å². The molecule has 3 aromatic rings. The summed E-state index contributed by atoms with van der Waals surface area (Å²) in [6.07, 6.45) is 1.17. The number of carboxylic acids is 1. The maximum absolute atomic E-state index is 12.6. The van der Waals surface area contributed by atoms with Crippen LogP contribution < -0.4 is 5.56 Å². The van der Waals surface area contributed by atoms with Crippen molar-refractivity contribution in [3.05, 3.63) is 76.2 Å². The summed E-state index contributed by atoms with van der Waals surface area (Å²) in [5.41, 5.74) is 2.36. The van der Waals surface area contributed by atoms with Gasteiger partial charge in [-0.1, -0.05) is 42.5 Å². The highest BCUT2D eigenvalue weighted by Crippen LogP contribution is 2.11. The van der Waals surface area contributed by atoms with Crippen molar-refractivity contribution < 1.29 is 9.90 Å². The van der Waals surface area contributed by atoms with Crippen LogP contribution in [0.15, 0.2) is 59.4 Å². The molecule has 2 aromatic carbocycles. The number of aromatic nitrogens is 2. The first-order valence-corrected chi connectivity index (χ1v) is 7.39. The van der Waals surface area contributed by atoms with Gasteiger partial charge in [-0.3, -0.25) is 14.2 Å². The Balaban J connectivity index is 2.01. The van der Waals surface area contributed by atoms with Crippen molar-refractivity contribution in [1.29, 1.82) is 0 Å². The molecule has 0 aliphatic carbocycles. The van der Waals surface area contributed by atoms with Gasteiger partial charge in [0.05, 0.1) is 11.0 Å². The van der Waals surface area contributed by atoms with E-state index in [1.54, 1.807) is 18.2 Å². The minimum atomic E-state index is -1.04. The minimum Gasteiger partial charge on any atom is -0.480 e. The Kier molecular flexibility index (Phi) is 4.19. The molecule has 0 saturated heterocycles. The number of para-hydroxylation sites is 2. The first-order chi connectivity index (χ1) is 11.1. The third-order valence-electron chi connectivity index (χ3n) is 3.71. The lowest BCUT2D eigenvalue weighted by atomic mass is 10.1. The van der Waals surface area contributed by atoms with Gasteiger partial charge in [0.25, 0.3) is 5.56 Å². The molecule has 0 aliphatic rings. The van der Waals surface area contributed by atoms with E-state index in [1.165, 1.54) is 4.57 Å². The number of carbonyl (C=O) groups is 1. The van der Waals surface area contributed by atoms with Crippen molar-refractivity contribution in [2.45, 2.75) is 19.4 Å². The molecule has 23 heavy (non-hydrogen) atoms. The quantitative estimate of drug-likeness (QED) is 0.785. The van der Waals surface area contributed by atoms with Gasteiger partial charge in [0.2, 0.25) is 0 Å². The lowest BCUT2D eigenvalue weighted by molar-refractivity contribution is -0.137. The third-order valence-corrected chi connectivity index (χ3v) is 3.71. The second-order valence-corrected chi connectivity index (χ2v) is 5.32. The summed E-state index contributed by atoms with van der Waals surface area (Å²) in [6, 6.07) is 16.9. The minimum absolute atomic E-state index is 0.331. The van der Waals surface area contributed by atoms with Gasteiger partial charge in [-0.15, -0.1) is 0 Å². The van der Waals surface area contributed by atoms with Crippen molar-refractivity contribution in [2.24, 2.45) is 0 Å². The largest absolute Gasteiger partial charge is 0.480 e. The molecule has 0 spiro atoms. The molecule has 0 bridgehead atoms. The van der Waals surface area contributed by atoms with Crippen molar-refractivity contribution >= 4 is 17.0 Å². The Hall–Kier alpha value is -2.95. The van der Waals surface area contributed by atoms with Crippen LogP contribution in [0.25, 0.3) is 11.0 Å². The molecular weight excluding hydrogens is 292 g/mol. The van der Waals surface area contributed by atoms with Crippen LogP contribution in [0.4, 0.5) is 0 Å². The summed E-state index contributed by atoms with van der Waals surface area (Å²) in [5.74, 6) is -1.04. The lowest BCUT2D eigenvalue weighted by Gasteiger charge is -2.10. The predicted molar refractivity (Wildman–Crippen MR) is 87.5 cm³/mol. The van der Waals surface area contributed by atoms with E-state index in [-0.39, 0.29) is 12.1 Å². The van der Waals surface area contributed by atoms with Crippen LogP contribution in [-0.4, -0.2) is 20.6 Å². The first kappa shape index (κ1) is 15.0. The fourth-order valence-electron chi connectivity index (χ4n) is 2.61. The van der Waals surface area contributed by atoms with Crippen LogP contribution in [0.3, 0.4) is 0 Å². The second-order valence-electron chi connectivity index (χ2n) is 5.32. The molecule has 0 fully saturated rings. The van der Waals surface area contributed by atoms with E-state index in [1.807, 2.05) is 36.4 Å². The number of hydrogen-bond acceptors (Lipinski definition) is 3. The topological polar surface area (TPSA) is 72.2 Å². The number of aryl methyl sites for hydroxylation is 2. The molecule has 1 aromatic heterocycles. The third kappa shape index (κ3) is 3.29. The van der Waals surface area contributed by atoms with Crippen molar-refractivity contribution in [1.82, 2.24) is 9.55 Å². The Labute approximate surface area is 132 Å². The molecule has 0 atom stereocenters. The molecule has 3 rings (SSSR count). The lowest BCUT2D eigenvalue weighted by Crippen LogP contribution is -2.29. The highest BCUT2D eigenvalue weighted by Gasteiger charge is 2.13. The van der Waals surface area contributed by atoms with Gasteiger partial charge in [0, 0.05) is 0 Å². The maximum Gasteiger partial charge on any atom is 0.323 e. The molecule has 5 heteroatoms. The average Bonchev–Trinajstić information content (AvgIpc) is 2.56. The van der Waals surface area contributed by atoms with Gasteiger partial charge in [-0.2, -0.15) is 0 Å². The SMILES string of the molecule is O=C(O)Cn1c(=O)c(CCc2ccccc2)nc2ccccc21. The molecule has 0 saturated carbocycles. The summed E-state index contributed by atoms with van der Waals surface area (Å²) in [6.45, 7) is -0.361. The molecule has 1 heterocycles. The van der Waals surface area contributed by atoms with Crippen molar-refractivity contribution in [3.8, 4) is 0 Å². The van der Waals surface area contributed by atoms with Gasteiger partial charge < -0.3 is 5.11 Å². The van der Waals surface area contributed by atoms with E-state index in [4.69, 9.17) is 5.11 Å². The fourth-order valence-corrected chi connectivity index (χ4v) is 2.61. The number of hydrogen-bond donors (Lipinski definition) is 1. The van der Waals surface area contributed by atoms with Crippen LogP contribution in [0.5, 0.6) is 0 Å². The van der Waals surface area contributed by atoms with Crippen LogP contribution in [0.1, 0.15) is 11.3 Å². The number of nitrogens with zero attached hydrogens (tertiary/aromatic N) is 2. The summed E-state index contributed by atoms with van der Waals surface area (Å²) in [7, 11) is 0. The summed E-state index contributed by atoms with van der Waals surface area (Å²) in [4.78, 5) is 28.1. The number of fused-ring (bicyclic) bond motifs is 1. The monoisotopic (exact) mass is 308 g/mol. The molecule has 0 aliphatic heterocycles. The number of carboxylic acid groups (broad SMARTS) is 1. The highest BCUT2D eigenvalue weighted by atomic mass is 16.4. The van der Waals surface area contributed by atoms with Gasteiger partial charge in [-0.05, 0) is 30.5 Å². The zero-order valence-electron chi connectivity index (χ0n) is 12.5. The molecule has 116 valence electrons. The smallest absolute Gasteiger partial charge is 0.323 e. The van der Waals surface area contributed by atoms with E-state index < -0.39 is 5.97 Å². The first-order valence-electron chi connectivity index (χ1n) is 7.39. The summed E-state index contributed by atoms with van der Waals surface area (Å²) < 4.78 is 1.28. The highest BCUT2D eigenvalue weighted by molar-refractivity contribution is 5.77. The van der Waals surface area contributed by atoms with Crippen LogP contribution in [0, 0.1) is 0 Å². The van der Waals surface area contributed by atoms with Gasteiger partial charge >= 0.3 is 5.97 Å².